The lowest BCUT2D eigenvalue weighted by Crippen LogP contribution is -2.41. The number of rotatable bonds is 6. The number of benzene rings is 1. The van der Waals surface area contributed by atoms with Crippen LogP contribution in [0.4, 0.5) is 10.6 Å². The molecule has 1 aromatic heterocycles. The average Bonchev–Trinajstić information content (AvgIpc) is 3.39. The molecule has 1 saturated heterocycles. The van der Waals surface area contributed by atoms with E-state index in [1.165, 1.54) is 31.5 Å². The summed E-state index contributed by atoms with van der Waals surface area (Å²) in [5, 5.41) is 7.39. The summed E-state index contributed by atoms with van der Waals surface area (Å²) in [6.07, 6.45) is 9.59. The van der Waals surface area contributed by atoms with Crippen molar-refractivity contribution in [1.82, 2.24) is 20.6 Å². The number of sulfone groups is 1. The van der Waals surface area contributed by atoms with Crippen molar-refractivity contribution in [2.24, 2.45) is 5.92 Å². The molecule has 0 radical (unpaired) electrons. The normalized spacial score (nSPS) is 21.1. The number of carbonyl (C=O) groups excluding carboxylic acids is 3. The second kappa shape index (κ2) is 9.38. The van der Waals surface area contributed by atoms with Crippen LogP contribution in [0.25, 0.3) is 5.57 Å². The quantitative estimate of drug-likeness (QED) is 0.394. The molecule has 0 spiro atoms. The molecule has 1 unspecified atom stereocenters. The number of amides is 4. The largest absolute Gasteiger partial charge is 0.322 e. The number of nitrogens with one attached hydrogen (secondary N) is 3. The van der Waals surface area contributed by atoms with Crippen LogP contribution < -0.4 is 16.0 Å². The highest BCUT2D eigenvalue weighted by atomic mass is 35.5. The summed E-state index contributed by atoms with van der Waals surface area (Å²) in [4.78, 5) is 45.2. The number of nitrogens with zero attached hydrogens (tertiary/aromatic N) is 2. The van der Waals surface area contributed by atoms with Gasteiger partial charge in [-0.15, -0.1) is 0 Å². The second-order valence-corrected chi connectivity index (χ2v) is 11.2. The van der Waals surface area contributed by atoms with E-state index < -0.39 is 33.2 Å². The molecule has 10 nitrogen and oxygen atoms in total. The standard InChI is InChI=1S/C23H24ClN5O5S/c1-23(21(31)28-22(32)29-23)18-11-26-19(12-25-18)27-20(30)15(9-13-5-3-4-6-13)14-7-8-17(16(24)10-14)35(2,33)34/h7-13H,3-6H2,1-2H3,(H,26,27,30)(H2,28,29,31,32)/b15-9+. The Morgan fingerprint density at radius 1 is 1.20 bits per heavy atom. The number of hydrogen-bond donors (Lipinski definition) is 3. The topological polar surface area (TPSA) is 147 Å². The van der Waals surface area contributed by atoms with Crippen LogP contribution >= 0.6 is 11.6 Å². The summed E-state index contributed by atoms with van der Waals surface area (Å²) >= 11 is 6.23. The average molecular weight is 518 g/mol. The number of halogens is 1. The van der Waals surface area contributed by atoms with Crippen LogP contribution in [0.5, 0.6) is 0 Å². The lowest BCUT2D eigenvalue weighted by Gasteiger charge is -2.19. The molecule has 3 N–H and O–H groups in total. The van der Waals surface area contributed by atoms with Crippen LogP contribution in [0.3, 0.4) is 0 Å². The minimum Gasteiger partial charge on any atom is -0.318 e. The van der Waals surface area contributed by atoms with E-state index in [4.69, 9.17) is 11.6 Å². The highest BCUT2D eigenvalue weighted by Gasteiger charge is 2.45. The zero-order valence-corrected chi connectivity index (χ0v) is 20.7. The summed E-state index contributed by atoms with van der Waals surface area (Å²) in [5.74, 6) is -0.657. The Hall–Kier alpha value is -3.31. The lowest BCUT2D eigenvalue weighted by molar-refractivity contribution is -0.123. The van der Waals surface area contributed by atoms with Crippen LogP contribution in [0, 0.1) is 5.92 Å². The Bertz CT molecular complexity index is 1340. The smallest absolute Gasteiger partial charge is 0.318 e. The van der Waals surface area contributed by atoms with E-state index in [-0.39, 0.29) is 27.3 Å². The molecule has 4 rings (SSSR count). The molecule has 1 aliphatic carbocycles. The van der Waals surface area contributed by atoms with Crippen molar-refractivity contribution in [3.63, 3.8) is 0 Å². The number of carbonyl (C=O) groups is 3. The van der Waals surface area contributed by atoms with E-state index in [0.717, 1.165) is 31.9 Å². The van der Waals surface area contributed by atoms with Crippen molar-refractivity contribution in [1.29, 1.82) is 0 Å². The van der Waals surface area contributed by atoms with E-state index in [2.05, 4.69) is 25.9 Å². The third-order valence-corrected chi connectivity index (χ3v) is 7.72. The van der Waals surface area contributed by atoms with E-state index in [9.17, 15) is 22.8 Å². The van der Waals surface area contributed by atoms with Crippen LogP contribution in [0.1, 0.15) is 43.9 Å². The Balaban J connectivity index is 1.61. The van der Waals surface area contributed by atoms with Crippen molar-refractivity contribution in [2.45, 2.75) is 43.0 Å². The molecular weight excluding hydrogens is 494 g/mol. The summed E-state index contributed by atoms with van der Waals surface area (Å²) in [7, 11) is -3.52. The lowest BCUT2D eigenvalue weighted by atomic mass is 9.98. The molecule has 2 aromatic rings. The molecule has 2 heterocycles. The number of hydrogen-bond acceptors (Lipinski definition) is 7. The first-order chi connectivity index (χ1) is 16.5. The molecule has 184 valence electrons. The zero-order valence-electron chi connectivity index (χ0n) is 19.1. The fraction of sp³-hybridized carbons (Fsp3) is 0.348. The Labute approximate surface area is 207 Å². The van der Waals surface area contributed by atoms with E-state index in [1.54, 1.807) is 6.07 Å². The third-order valence-electron chi connectivity index (χ3n) is 6.14. The van der Waals surface area contributed by atoms with Crippen LogP contribution in [-0.4, -0.2) is 42.5 Å². The fourth-order valence-corrected chi connectivity index (χ4v) is 5.52. The van der Waals surface area contributed by atoms with Gasteiger partial charge in [0.2, 0.25) is 0 Å². The maximum absolute atomic E-state index is 13.3. The SMILES string of the molecule is CC1(c2cnc(NC(=O)/C(=C/C3CCCC3)c3ccc(S(C)(=O)=O)c(Cl)c3)cn2)NC(=O)NC1=O. The minimum atomic E-state index is -3.52. The molecule has 1 saturated carbocycles. The van der Waals surface area contributed by atoms with Crippen LogP contribution in [-0.2, 0) is 25.0 Å². The van der Waals surface area contributed by atoms with Gasteiger partial charge in [-0.2, -0.15) is 0 Å². The summed E-state index contributed by atoms with van der Waals surface area (Å²) in [6.45, 7) is 1.50. The van der Waals surface area contributed by atoms with Crippen molar-refractivity contribution in [3.05, 3.63) is 52.9 Å². The first-order valence-corrected chi connectivity index (χ1v) is 13.2. The minimum absolute atomic E-state index is 0.0125. The zero-order chi connectivity index (χ0) is 25.4. The third kappa shape index (κ3) is 5.20. The number of urea groups is 1. The highest BCUT2D eigenvalue weighted by Crippen LogP contribution is 2.32. The molecule has 0 bridgehead atoms. The van der Waals surface area contributed by atoms with Gasteiger partial charge in [-0.3, -0.25) is 19.9 Å². The Kier molecular flexibility index (Phi) is 6.65. The maximum Gasteiger partial charge on any atom is 0.322 e. The number of aromatic nitrogens is 2. The molecule has 1 aliphatic heterocycles. The van der Waals surface area contributed by atoms with Gasteiger partial charge < -0.3 is 10.6 Å². The molecule has 35 heavy (non-hydrogen) atoms. The summed E-state index contributed by atoms with van der Waals surface area (Å²) in [5.41, 5.74) is -0.324. The highest BCUT2D eigenvalue weighted by molar-refractivity contribution is 7.90. The van der Waals surface area contributed by atoms with Gasteiger partial charge in [0.05, 0.1) is 28.0 Å². The van der Waals surface area contributed by atoms with Crippen molar-refractivity contribution in [3.8, 4) is 0 Å². The van der Waals surface area contributed by atoms with E-state index in [0.29, 0.717) is 11.1 Å². The van der Waals surface area contributed by atoms with Gasteiger partial charge in [0.15, 0.2) is 21.2 Å². The first kappa shape index (κ1) is 24.8. The second-order valence-electron chi connectivity index (χ2n) is 8.82. The van der Waals surface area contributed by atoms with Gasteiger partial charge in [-0.1, -0.05) is 36.6 Å². The predicted molar refractivity (Wildman–Crippen MR) is 129 cm³/mol. The van der Waals surface area contributed by atoms with E-state index >= 15 is 0 Å². The molecule has 2 fully saturated rings. The molecule has 4 amide bonds. The molecular formula is C23H24ClN5O5S. The summed E-state index contributed by atoms with van der Waals surface area (Å²) in [6, 6.07) is 3.78. The van der Waals surface area contributed by atoms with Crippen molar-refractivity contribution >= 4 is 50.7 Å². The fourth-order valence-electron chi connectivity index (χ4n) is 4.19. The van der Waals surface area contributed by atoms with Crippen LogP contribution in [0.15, 0.2) is 41.6 Å². The van der Waals surface area contributed by atoms with Crippen LogP contribution in [0.2, 0.25) is 5.02 Å². The van der Waals surface area contributed by atoms with Crippen molar-refractivity contribution in [2.75, 3.05) is 11.6 Å². The van der Waals surface area contributed by atoms with Gasteiger partial charge >= 0.3 is 6.03 Å². The first-order valence-electron chi connectivity index (χ1n) is 11.0. The van der Waals surface area contributed by atoms with E-state index in [1.807, 2.05) is 6.08 Å². The number of allylic oxidation sites excluding steroid dienone is 1. The van der Waals surface area contributed by atoms with Gasteiger partial charge in [-0.05, 0) is 43.4 Å². The van der Waals surface area contributed by atoms with Gasteiger partial charge in [0.25, 0.3) is 11.8 Å². The number of imide groups is 1. The Morgan fingerprint density at radius 3 is 2.46 bits per heavy atom. The predicted octanol–water partition coefficient (Wildman–Crippen LogP) is 2.80. The summed E-state index contributed by atoms with van der Waals surface area (Å²) < 4.78 is 23.9. The monoisotopic (exact) mass is 517 g/mol. The number of anilines is 1. The molecule has 1 aromatic carbocycles. The van der Waals surface area contributed by atoms with Crippen molar-refractivity contribution < 1.29 is 22.8 Å². The Morgan fingerprint density at radius 2 is 1.91 bits per heavy atom. The van der Waals surface area contributed by atoms with Gasteiger partial charge in [-0.25, -0.2) is 18.2 Å². The molecule has 1 atom stereocenters. The van der Waals surface area contributed by atoms with Gasteiger partial charge in [0, 0.05) is 11.8 Å². The molecule has 12 heteroatoms. The molecule has 2 aliphatic rings. The maximum atomic E-state index is 13.3. The van der Waals surface area contributed by atoms with Gasteiger partial charge in [0.1, 0.15) is 0 Å².